The molecular weight excluding hydrogens is 362 g/mol. The first kappa shape index (κ1) is 21.4. The zero-order chi connectivity index (χ0) is 20.7. The molecule has 1 aliphatic carbocycles. The van der Waals surface area contributed by atoms with Gasteiger partial charge in [-0.25, -0.2) is 0 Å². The lowest BCUT2D eigenvalue weighted by atomic mass is 9.79. The second-order valence-electron chi connectivity index (χ2n) is 7.24. The van der Waals surface area contributed by atoms with Crippen molar-refractivity contribution in [2.45, 2.75) is 52.4 Å². The highest BCUT2D eigenvalue weighted by Gasteiger charge is 2.35. The van der Waals surface area contributed by atoms with Crippen LogP contribution in [-0.2, 0) is 19.2 Å². The Morgan fingerprint density at radius 1 is 0.964 bits per heavy atom. The van der Waals surface area contributed by atoms with Gasteiger partial charge < -0.3 is 10.4 Å². The van der Waals surface area contributed by atoms with Crippen molar-refractivity contribution in [1.82, 2.24) is 10.9 Å². The minimum atomic E-state index is -0.991. The molecule has 0 saturated heterocycles. The first-order valence-electron chi connectivity index (χ1n) is 9.46. The maximum atomic E-state index is 12.2. The Kier molecular flexibility index (Phi) is 7.54. The number of hydrogen-bond acceptors (Lipinski definition) is 4. The van der Waals surface area contributed by atoms with Crippen molar-refractivity contribution < 1.29 is 24.3 Å². The van der Waals surface area contributed by atoms with Crippen molar-refractivity contribution in [3.8, 4) is 0 Å². The van der Waals surface area contributed by atoms with E-state index in [9.17, 15) is 24.3 Å². The molecular formula is C20H27N3O5. The van der Waals surface area contributed by atoms with Crippen molar-refractivity contribution >= 4 is 29.4 Å². The molecule has 8 heteroatoms. The Labute approximate surface area is 164 Å². The fraction of sp³-hybridized carbons (Fsp3) is 0.500. The first-order chi connectivity index (χ1) is 13.3. The van der Waals surface area contributed by atoms with Crippen LogP contribution < -0.4 is 16.2 Å². The summed E-state index contributed by atoms with van der Waals surface area (Å²) in [5, 5.41) is 12.0. The molecule has 0 aromatic heterocycles. The second-order valence-corrected chi connectivity index (χ2v) is 7.24. The van der Waals surface area contributed by atoms with Crippen molar-refractivity contribution in [2.75, 3.05) is 5.32 Å². The van der Waals surface area contributed by atoms with E-state index in [4.69, 9.17) is 0 Å². The number of hydrogen-bond donors (Lipinski definition) is 4. The molecule has 0 spiro atoms. The average Bonchev–Trinajstić information content (AvgIpc) is 2.66. The summed E-state index contributed by atoms with van der Waals surface area (Å²) in [5.74, 6) is -3.68. The van der Waals surface area contributed by atoms with E-state index >= 15 is 0 Å². The number of aliphatic carboxylic acids is 1. The van der Waals surface area contributed by atoms with Crippen molar-refractivity contribution in [2.24, 2.45) is 11.8 Å². The van der Waals surface area contributed by atoms with E-state index in [1.54, 1.807) is 0 Å². The topological polar surface area (TPSA) is 125 Å². The monoisotopic (exact) mass is 389 g/mol. The summed E-state index contributed by atoms with van der Waals surface area (Å²) in [4.78, 5) is 47.4. The van der Waals surface area contributed by atoms with Gasteiger partial charge in [-0.15, -0.1) is 0 Å². The van der Waals surface area contributed by atoms with Gasteiger partial charge in [-0.1, -0.05) is 30.5 Å². The van der Waals surface area contributed by atoms with Crippen LogP contribution in [0.4, 0.5) is 5.69 Å². The van der Waals surface area contributed by atoms with Gasteiger partial charge >= 0.3 is 5.97 Å². The molecule has 1 aliphatic rings. The lowest BCUT2D eigenvalue weighted by molar-refractivity contribution is -0.149. The summed E-state index contributed by atoms with van der Waals surface area (Å²) in [5.41, 5.74) is 7.28. The predicted octanol–water partition coefficient (Wildman–Crippen LogP) is 2.06. The molecule has 3 amide bonds. The van der Waals surface area contributed by atoms with Crippen LogP contribution in [0.25, 0.3) is 0 Å². The predicted molar refractivity (Wildman–Crippen MR) is 103 cm³/mol. The molecule has 2 rings (SSSR count). The van der Waals surface area contributed by atoms with Crippen LogP contribution in [-0.4, -0.2) is 28.8 Å². The Morgan fingerprint density at radius 3 is 2.25 bits per heavy atom. The first-order valence-corrected chi connectivity index (χ1v) is 9.46. The summed E-state index contributed by atoms with van der Waals surface area (Å²) in [6.45, 7) is 3.85. The van der Waals surface area contributed by atoms with Crippen LogP contribution in [0.5, 0.6) is 0 Å². The number of benzene rings is 1. The van der Waals surface area contributed by atoms with Gasteiger partial charge in [0.2, 0.25) is 17.7 Å². The molecule has 152 valence electrons. The molecule has 0 radical (unpaired) electrons. The number of amides is 3. The summed E-state index contributed by atoms with van der Waals surface area (Å²) in [6, 6.07) is 5.65. The second kappa shape index (κ2) is 9.87. The summed E-state index contributed by atoms with van der Waals surface area (Å²) < 4.78 is 0. The number of carboxylic acids is 1. The molecule has 1 aromatic rings. The Morgan fingerprint density at radius 2 is 1.61 bits per heavy atom. The molecule has 2 unspecified atom stereocenters. The van der Waals surface area contributed by atoms with Gasteiger partial charge in [0.05, 0.1) is 11.8 Å². The zero-order valence-electron chi connectivity index (χ0n) is 16.2. The van der Waals surface area contributed by atoms with E-state index in [-0.39, 0.29) is 18.7 Å². The molecule has 4 N–H and O–H groups in total. The number of nitrogens with one attached hydrogen (secondary N) is 3. The largest absolute Gasteiger partial charge is 0.481 e. The van der Waals surface area contributed by atoms with Gasteiger partial charge in [0, 0.05) is 18.5 Å². The molecule has 0 aliphatic heterocycles. The van der Waals surface area contributed by atoms with E-state index in [2.05, 4.69) is 16.2 Å². The van der Waals surface area contributed by atoms with Crippen LogP contribution >= 0.6 is 0 Å². The number of carbonyl (C=O) groups excluding carboxylic acids is 3. The molecule has 1 saturated carbocycles. The van der Waals surface area contributed by atoms with Gasteiger partial charge in [0.25, 0.3) is 0 Å². The van der Waals surface area contributed by atoms with E-state index in [1.165, 1.54) is 0 Å². The van der Waals surface area contributed by atoms with E-state index in [0.717, 1.165) is 24.0 Å². The van der Waals surface area contributed by atoms with Gasteiger partial charge in [-0.05, 0) is 38.3 Å². The number of hydrazine groups is 1. The number of carboxylic acid groups (broad SMARTS) is 1. The van der Waals surface area contributed by atoms with Gasteiger partial charge in [0.15, 0.2) is 0 Å². The Balaban J connectivity index is 1.75. The highest BCUT2D eigenvalue weighted by atomic mass is 16.4. The lowest BCUT2D eigenvalue weighted by Crippen LogP contribution is -2.48. The molecule has 1 aromatic carbocycles. The highest BCUT2D eigenvalue weighted by Crippen LogP contribution is 2.30. The van der Waals surface area contributed by atoms with Gasteiger partial charge in [-0.3, -0.25) is 30.0 Å². The number of carbonyl (C=O) groups is 4. The van der Waals surface area contributed by atoms with Crippen LogP contribution in [0.1, 0.15) is 49.7 Å². The number of aryl methyl sites for hydroxylation is 2. The maximum Gasteiger partial charge on any atom is 0.307 e. The Bertz CT molecular complexity index is 762. The zero-order valence-corrected chi connectivity index (χ0v) is 16.2. The minimum Gasteiger partial charge on any atom is -0.481 e. The average molecular weight is 389 g/mol. The minimum absolute atomic E-state index is 0.0315. The molecule has 28 heavy (non-hydrogen) atoms. The standard InChI is InChI=1S/C20H27N3O5/c1-12-7-8-16(13(2)11-12)21-17(24)9-10-18(25)22-23-19(26)14-5-3-4-6-15(14)20(27)28/h7-8,11,14-15H,3-6,9-10H2,1-2H3,(H,21,24)(H,22,25)(H,23,26)(H,27,28). The third-order valence-corrected chi connectivity index (χ3v) is 4.98. The normalized spacial score (nSPS) is 18.8. The third-order valence-electron chi connectivity index (χ3n) is 4.98. The van der Waals surface area contributed by atoms with Crippen LogP contribution in [0, 0.1) is 25.7 Å². The quantitative estimate of drug-likeness (QED) is 0.554. The van der Waals surface area contributed by atoms with E-state index in [0.29, 0.717) is 18.5 Å². The van der Waals surface area contributed by atoms with Crippen molar-refractivity contribution in [1.29, 1.82) is 0 Å². The van der Waals surface area contributed by atoms with Gasteiger partial charge in [-0.2, -0.15) is 0 Å². The van der Waals surface area contributed by atoms with Crippen LogP contribution in [0.2, 0.25) is 0 Å². The van der Waals surface area contributed by atoms with Gasteiger partial charge in [0.1, 0.15) is 0 Å². The Hall–Kier alpha value is -2.90. The van der Waals surface area contributed by atoms with Crippen LogP contribution in [0.15, 0.2) is 18.2 Å². The molecule has 0 bridgehead atoms. The summed E-state index contributed by atoms with van der Waals surface area (Å²) >= 11 is 0. The molecule has 1 fully saturated rings. The van der Waals surface area contributed by atoms with E-state index in [1.807, 2.05) is 32.0 Å². The van der Waals surface area contributed by atoms with Crippen LogP contribution in [0.3, 0.4) is 0 Å². The van der Waals surface area contributed by atoms with E-state index < -0.39 is 29.6 Å². The number of rotatable bonds is 6. The summed E-state index contributed by atoms with van der Waals surface area (Å²) in [7, 11) is 0. The summed E-state index contributed by atoms with van der Waals surface area (Å²) in [6.07, 6.45) is 2.38. The fourth-order valence-electron chi connectivity index (χ4n) is 3.42. The highest BCUT2D eigenvalue weighted by molar-refractivity contribution is 5.94. The van der Waals surface area contributed by atoms with Crippen molar-refractivity contribution in [3.63, 3.8) is 0 Å². The SMILES string of the molecule is Cc1ccc(NC(=O)CCC(=O)NNC(=O)C2CCCCC2C(=O)O)c(C)c1. The molecule has 2 atom stereocenters. The number of anilines is 1. The lowest BCUT2D eigenvalue weighted by Gasteiger charge is -2.27. The molecule has 0 heterocycles. The fourth-order valence-corrected chi connectivity index (χ4v) is 3.42. The maximum absolute atomic E-state index is 12.2. The van der Waals surface area contributed by atoms with Crippen molar-refractivity contribution in [3.05, 3.63) is 29.3 Å². The third kappa shape index (κ3) is 6.07. The smallest absolute Gasteiger partial charge is 0.307 e. The molecule has 8 nitrogen and oxygen atoms in total.